The third-order valence-corrected chi connectivity index (χ3v) is 3.39. The van der Waals surface area contributed by atoms with Crippen LogP contribution < -0.4 is 9.47 Å². The second-order valence-corrected chi connectivity index (χ2v) is 4.58. The first-order chi connectivity index (χ1) is 9.74. The normalized spacial score (nSPS) is 10.7. The Labute approximate surface area is 120 Å². The number of hydrogen-bond donors (Lipinski definition) is 1. The molecule has 0 bridgehead atoms. The highest BCUT2D eigenvalue weighted by atomic mass is 32.1. The van der Waals surface area contributed by atoms with Crippen molar-refractivity contribution in [2.24, 2.45) is 0 Å². The number of hydrogen-bond acceptors (Lipinski definition) is 4. The fourth-order valence-corrected chi connectivity index (χ4v) is 2.49. The second kappa shape index (κ2) is 4.97. The molecule has 1 N–H and O–H groups in total. The lowest BCUT2D eigenvalue weighted by atomic mass is 10.2. The molecule has 0 aliphatic carbocycles. The lowest BCUT2D eigenvalue weighted by molar-refractivity contribution is 0.355. The zero-order chi connectivity index (χ0) is 14.1. The van der Waals surface area contributed by atoms with Gasteiger partial charge in [0.2, 0.25) is 0 Å². The summed E-state index contributed by atoms with van der Waals surface area (Å²) in [6.07, 6.45) is 3.49. The number of pyridine rings is 1. The van der Waals surface area contributed by atoms with Crippen LogP contribution in [0.5, 0.6) is 11.5 Å². The maximum atomic E-state index is 5.38. The number of imidazole rings is 1. The number of rotatable bonds is 3. The van der Waals surface area contributed by atoms with E-state index in [9.17, 15) is 0 Å². The minimum Gasteiger partial charge on any atom is -0.493 e. The smallest absolute Gasteiger partial charge is 0.182 e. The average Bonchev–Trinajstić information content (AvgIpc) is 2.82. The van der Waals surface area contributed by atoms with Crippen LogP contribution in [-0.4, -0.2) is 28.8 Å². The minimum atomic E-state index is 0.611. The molecular weight excluding hydrogens is 274 g/mol. The molecule has 0 aliphatic rings. The molecule has 0 unspecified atom stereocenters. The maximum Gasteiger partial charge on any atom is 0.182 e. The summed E-state index contributed by atoms with van der Waals surface area (Å²) in [5.41, 5.74) is 2.77. The topological polar surface area (TPSA) is 52.1 Å². The highest BCUT2D eigenvalue weighted by molar-refractivity contribution is 7.71. The van der Waals surface area contributed by atoms with Gasteiger partial charge in [0.05, 0.1) is 37.1 Å². The summed E-state index contributed by atoms with van der Waals surface area (Å²) in [6, 6.07) is 7.60. The van der Waals surface area contributed by atoms with Crippen molar-refractivity contribution in [2.45, 2.75) is 0 Å². The van der Waals surface area contributed by atoms with Crippen molar-refractivity contribution in [1.82, 2.24) is 14.5 Å². The Morgan fingerprint density at radius 1 is 1.15 bits per heavy atom. The molecule has 5 nitrogen and oxygen atoms in total. The number of ether oxygens (including phenoxy) is 2. The van der Waals surface area contributed by atoms with Gasteiger partial charge in [0.25, 0.3) is 0 Å². The van der Waals surface area contributed by atoms with Gasteiger partial charge in [-0.1, -0.05) is 0 Å². The Morgan fingerprint density at radius 2 is 1.95 bits per heavy atom. The Kier molecular flexibility index (Phi) is 3.15. The molecule has 1 aromatic carbocycles. The van der Waals surface area contributed by atoms with Crippen molar-refractivity contribution in [3.63, 3.8) is 0 Å². The standard InChI is InChI=1S/C14H13N3O2S/c1-18-12-4-3-9(7-13(12)19-2)17-11-5-6-15-8-10(11)16-14(17)20/h3-8H,1-2H3,(H,16,20). The van der Waals surface area contributed by atoms with Crippen molar-refractivity contribution < 1.29 is 9.47 Å². The number of fused-ring (bicyclic) bond motifs is 1. The van der Waals surface area contributed by atoms with Gasteiger partial charge in [-0.05, 0) is 30.4 Å². The van der Waals surface area contributed by atoms with Gasteiger partial charge in [0.15, 0.2) is 16.3 Å². The number of H-pyrrole nitrogens is 1. The molecule has 0 fully saturated rings. The van der Waals surface area contributed by atoms with E-state index < -0.39 is 0 Å². The molecule has 102 valence electrons. The molecule has 0 saturated heterocycles. The van der Waals surface area contributed by atoms with E-state index >= 15 is 0 Å². The molecule has 2 heterocycles. The summed E-state index contributed by atoms with van der Waals surface area (Å²) >= 11 is 5.38. The summed E-state index contributed by atoms with van der Waals surface area (Å²) in [7, 11) is 3.22. The quantitative estimate of drug-likeness (QED) is 0.752. The first-order valence-corrected chi connectivity index (χ1v) is 6.42. The van der Waals surface area contributed by atoms with Crippen LogP contribution in [0.2, 0.25) is 0 Å². The number of benzene rings is 1. The van der Waals surface area contributed by atoms with Crippen LogP contribution in [0.4, 0.5) is 0 Å². The van der Waals surface area contributed by atoms with E-state index in [-0.39, 0.29) is 0 Å². The van der Waals surface area contributed by atoms with Gasteiger partial charge in [0.1, 0.15) is 0 Å². The molecule has 2 aromatic heterocycles. The number of nitrogens with zero attached hydrogens (tertiary/aromatic N) is 2. The second-order valence-electron chi connectivity index (χ2n) is 4.20. The SMILES string of the molecule is COc1ccc(-n2c(=S)[nH]c3cnccc32)cc1OC. The van der Waals surface area contributed by atoms with E-state index in [0.29, 0.717) is 16.3 Å². The van der Waals surface area contributed by atoms with Crippen LogP contribution in [0.25, 0.3) is 16.7 Å². The van der Waals surface area contributed by atoms with Gasteiger partial charge >= 0.3 is 0 Å². The van der Waals surface area contributed by atoms with Crippen LogP contribution in [0.15, 0.2) is 36.7 Å². The fourth-order valence-electron chi connectivity index (χ4n) is 2.18. The largest absolute Gasteiger partial charge is 0.493 e. The minimum absolute atomic E-state index is 0.611. The van der Waals surface area contributed by atoms with Gasteiger partial charge in [-0.25, -0.2) is 0 Å². The molecular formula is C14H13N3O2S. The van der Waals surface area contributed by atoms with Crippen molar-refractivity contribution >= 4 is 23.3 Å². The summed E-state index contributed by atoms with van der Waals surface area (Å²) in [5.74, 6) is 1.35. The summed E-state index contributed by atoms with van der Waals surface area (Å²) in [5, 5.41) is 0. The zero-order valence-corrected chi connectivity index (χ0v) is 11.9. The van der Waals surface area contributed by atoms with Crippen LogP contribution in [0, 0.1) is 4.77 Å². The zero-order valence-electron chi connectivity index (χ0n) is 11.1. The Hall–Kier alpha value is -2.34. The van der Waals surface area contributed by atoms with Crippen molar-refractivity contribution in [2.75, 3.05) is 14.2 Å². The van der Waals surface area contributed by atoms with Crippen LogP contribution in [0.1, 0.15) is 0 Å². The molecule has 0 radical (unpaired) electrons. The van der Waals surface area contributed by atoms with E-state index in [1.54, 1.807) is 26.6 Å². The average molecular weight is 287 g/mol. The summed E-state index contributed by atoms with van der Waals surface area (Å²) in [6.45, 7) is 0. The first kappa shape index (κ1) is 12.7. The molecule has 0 aliphatic heterocycles. The van der Waals surface area contributed by atoms with Crippen LogP contribution in [0.3, 0.4) is 0 Å². The van der Waals surface area contributed by atoms with E-state index in [4.69, 9.17) is 21.7 Å². The lowest BCUT2D eigenvalue weighted by Crippen LogP contribution is -1.97. The molecule has 0 saturated carbocycles. The molecule has 20 heavy (non-hydrogen) atoms. The van der Waals surface area contributed by atoms with E-state index in [1.165, 1.54) is 0 Å². The molecule has 3 aromatic rings. The predicted octanol–water partition coefficient (Wildman–Crippen LogP) is 3.10. The van der Waals surface area contributed by atoms with Gasteiger partial charge < -0.3 is 14.5 Å². The van der Waals surface area contributed by atoms with E-state index in [0.717, 1.165) is 16.7 Å². The highest BCUT2D eigenvalue weighted by Gasteiger charge is 2.10. The van der Waals surface area contributed by atoms with Crippen LogP contribution in [-0.2, 0) is 0 Å². The summed E-state index contributed by atoms with van der Waals surface area (Å²) < 4.78 is 13.1. The predicted molar refractivity (Wildman–Crippen MR) is 79.4 cm³/mol. The number of methoxy groups -OCH3 is 2. The van der Waals surface area contributed by atoms with Crippen molar-refractivity contribution in [1.29, 1.82) is 0 Å². The number of aromatic nitrogens is 3. The first-order valence-electron chi connectivity index (χ1n) is 6.01. The molecule has 6 heteroatoms. The fraction of sp³-hybridized carbons (Fsp3) is 0.143. The van der Waals surface area contributed by atoms with E-state index in [2.05, 4.69) is 9.97 Å². The van der Waals surface area contributed by atoms with Crippen LogP contribution >= 0.6 is 12.2 Å². The molecule has 0 spiro atoms. The monoisotopic (exact) mass is 287 g/mol. The Bertz CT molecular complexity index is 823. The molecule has 0 atom stereocenters. The number of aromatic amines is 1. The van der Waals surface area contributed by atoms with E-state index in [1.807, 2.05) is 28.8 Å². The van der Waals surface area contributed by atoms with Crippen molar-refractivity contribution in [3.05, 3.63) is 41.4 Å². The summed E-state index contributed by atoms with van der Waals surface area (Å²) in [4.78, 5) is 7.22. The van der Waals surface area contributed by atoms with Gasteiger partial charge in [-0.15, -0.1) is 0 Å². The lowest BCUT2D eigenvalue weighted by Gasteiger charge is -2.10. The Morgan fingerprint density at radius 3 is 2.70 bits per heavy atom. The third-order valence-electron chi connectivity index (χ3n) is 3.11. The van der Waals surface area contributed by atoms with Gasteiger partial charge in [-0.2, -0.15) is 0 Å². The third kappa shape index (κ3) is 1.94. The molecule has 0 amide bonds. The maximum absolute atomic E-state index is 5.38. The van der Waals surface area contributed by atoms with Gasteiger partial charge in [-0.3, -0.25) is 9.55 Å². The van der Waals surface area contributed by atoms with Gasteiger partial charge in [0, 0.05) is 12.3 Å². The highest BCUT2D eigenvalue weighted by Crippen LogP contribution is 2.30. The Balaban J connectivity index is 2.26. The van der Waals surface area contributed by atoms with Crippen molar-refractivity contribution in [3.8, 4) is 17.2 Å². The number of nitrogens with one attached hydrogen (secondary N) is 1. The molecule has 3 rings (SSSR count).